The molecule has 0 radical (unpaired) electrons. The first-order chi connectivity index (χ1) is 20.1. The molecule has 0 saturated carbocycles. The second-order valence-corrected chi connectivity index (χ2v) is 11.6. The third-order valence-electron chi connectivity index (χ3n) is 9.26. The van der Waals surface area contributed by atoms with Crippen molar-refractivity contribution < 1.29 is 9.13 Å². The van der Waals surface area contributed by atoms with Crippen molar-refractivity contribution in [2.24, 2.45) is 0 Å². The van der Waals surface area contributed by atoms with Gasteiger partial charge in [-0.25, -0.2) is 0 Å². The van der Waals surface area contributed by atoms with Gasteiger partial charge in [-0.2, -0.15) is 9.13 Å². The van der Waals surface area contributed by atoms with Crippen molar-refractivity contribution in [3.05, 3.63) is 132 Å². The van der Waals surface area contributed by atoms with E-state index < -0.39 is 0 Å². The fourth-order valence-corrected chi connectivity index (χ4v) is 6.94. The van der Waals surface area contributed by atoms with Crippen molar-refractivity contribution in [2.45, 2.75) is 71.9 Å². The van der Waals surface area contributed by atoms with Gasteiger partial charge in [-0.1, -0.05) is 93.9 Å². The van der Waals surface area contributed by atoms with Gasteiger partial charge < -0.3 is 0 Å². The summed E-state index contributed by atoms with van der Waals surface area (Å²) in [4.78, 5) is 0. The number of pyridine rings is 2. The highest BCUT2D eigenvalue weighted by atomic mass is 15.1. The molecule has 0 N–H and O–H groups in total. The number of unbranched alkanes of at least 4 members (excludes halogenated alkanes) is 1. The molecule has 2 heteroatoms. The molecular weight excluding hydrogens is 496 g/mol. The number of aryl methyl sites for hydroxylation is 2. The summed E-state index contributed by atoms with van der Waals surface area (Å²) in [6.45, 7) is 10.1. The van der Waals surface area contributed by atoms with E-state index >= 15 is 0 Å². The number of benzene rings is 3. The predicted octanol–water partition coefficient (Wildman–Crippen LogP) is 8.84. The molecule has 41 heavy (non-hydrogen) atoms. The molecule has 1 aliphatic heterocycles. The van der Waals surface area contributed by atoms with Gasteiger partial charge in [0.15, 0.2) is 24.5 Å². The number of aromatic nitrogens is 2. The number of hydrogen-bond acceptors (Lipinski definition) is 0. The summed E-state index contributed by atoms with van der Waals surface area (Å²) in [6.07, 6.45) is 10.3. The molecule has 0 fully saturated rings. The van der Waals surface area contributed by atoms with E-state index in [1.165, 1.54) is 68.7 Å². The third-order valence-corrected chi connectivity index (χ3v) is 9.26. The van der Waals surface area contributed by atoms with Crippen LogP contribution in [-0.2, 0) is 18.5 Å². The van der Waals surface area contributed by atoms with Gasteiger partial charge in [-0.15, -0.1) is 0 Å². The molecule has 3 heterocycles. The van der Waals surface area contributed by atoms with Crippen LogP contribution in [-0.4, -0.2) is 0 Å². The Morgan fingerprint density at radius 2 is 1.41 bits per heavy atom. The summed E-state index contributed by atoms with van der Waals surface area (Å²) < 4.78 is 5.11. The number of hydrogen-bond donors (Lipinski definition) is 0. The molecule has 0 amide bonds. The molecule has 1 aliphatic rings. The Labute approximate surface area is 246 Å². The quantitative estimate of drug-likeness (QED) is 0.191. The minimum absolute atomic E-state index is 0.177. The largest absolute Gasteiger partial charge is 0.214 e. The topological polar surface area (TPSA) is 7.76 Å². The van der Waals surface area contributed by atoms with Crippen LogP contribution in [0, 0.1) is 6.92 Å². The number of rotatable bonds is 6. The highest BCUT2D eigenvalue weighted by Crippen LogP contribution is 2.39. The van der Waals surface area contributed by atoms with Crippen LogP contribution in [0.15, 0.2) is 109 Å². The second kappa shape index (κ2) is 11.4. The van der Waals surface area contributed by atoms with Crippen LogP contribution in [0.2, 0.25) is 0 Å². The van der Waals surface area contributed by atoms with Gasteiger partial charge in [-0.3, -0.25) is 0 Å². The Hall–Kier alpha value is -4.04. The Kier molecular flexibility index (Phi) is 7.58. The second-order valence-electron chi connectivity index (χ2n) is 11.6. The smallest absolute Gasteiger partial charge is 0.193 e. The molecule has 0 bridgehead atoms. The van der Waals surface area contributed by atoms with Crippen LogP contribution in [0.4, 0.5) is 0 Å². The lowest BCUT2D eigenvalue weighted by Gasteiger charge is -2.31. The zero-order valence-electron chi connectivity index (χ0n) is 25.0. The molecule has 2 aromatic heterocycles. The Morgan fingerprint density at radius 3 is 2.17 bits per heavy atom. The maximum Gasteiger partial charge on any atom is 0.214 e. The molecular formula is C39H42N2+2. The molecule has 5 aromatic rings. The number of fused-ring (bicyclic) bond motifs is 6. The maximum atomic E-state index is 2.61. The Morgan fingerprint density at radius 1 is 0.707 bits per heavy atom. The molecule has 6 rings (SSSR count). The lowest BCUT2D eigenvalue weighted by molar-refractivity contribution is -0.746. The van der Waals surface area contributed by atoms with Crippen LogP contribution in [0.1, 0.15) is 68.7 Å². The molecule has 206 valence electrons. The van der Waals surface area contributed by atoms with Crippen molar-refractivity contribution in [3.8, 4) is 33.6 Å². The maximum absolute atomic E-state index is 2.61. The first-order valence-corrected chi connectivity index (χ1v) is 15.4. The van der Waals surface area contributed by atoms with Gasteiger partial charge in [0.25, 0.3) is 0 Å². The summed E-state index contributed by atoms with van der Waals surface area (Å²) in [5, 5.41) is 0. The van der Waals surface area contributed by atoms with Gasteiger partial charge in [-0.05, 0) is 48.6 Å². The molecule has 0 atom stereocenters. The molecule has 0 spiro atoms. The zero-order valence-corrected chi connectivity index (χ0v) is 25.0. The predicted molar refractivity (Wildman–Crippen MR) is 170 cm³/mol. The van der Waals surface area contributed by atoms with Crippen LogP contribution >= 0.6 is 0 Å². The van der Waals surface area contributed by atoms with E-state index in [4.69, 9.17) is 0 Å². The molecule has 0 aliphatic carbocycles. The van der Waals surface area contributed by atoms with E-state index in [0.29, 0.717) is 0 Å². The van der Waals surface area contributed by atoms with Crippen LogP contribution in [0.3, 0.4) is 0 Å². The summed E-state index contributed by atoms with van der Waals surface area (Å²) in [6, 6.07) is 36.3. The minimum Gasteiger partial charge on any atom is -0.193 e. The highest BCUT2D eigenvalue weighted by Gasteiger charge is 2.44. The van der Waals surface area contributed by atoms with Gasteiger partial charge >= 0.3 is 0 Å². The fraction of sp³-hybridized carbons (Fsp3) is 0.282. The van der Waals surface area contributed by atoms with E-state index in [9.17, 15) is 0 Å². The van der Waals surface area contributed by atoms with Crippen molar-refractivity contribution in [1.29, 1.82) is 0 Å². The van der Waals surface area contributed by atoms with Gasteiger partial charge in [0.05, 0.1) is 11.1 Å². The summed E-state index contributed by atoms with van der Waals surface area (Å²) >= 11 is 0. The van der Waals surface area contributed by atoms with Gasteiger partial charge in [0, 0.05) is 47.7 Å². The van der Waals surface area contributed by atoms with Crippen molar-refractivity contribution >= 4 is 0 Å². The summed E-state index contributed by atoms with van der Waals surface area (Å²) in [7, 11) is 0. The lowest BCUT2D eigenvalue weighted by Crippen LogP contribution is -2.58. The standard InChI is InChI=1S/C39H42N2/c1-5-8-16-30-23-24-41-38(26-30)33-20-13-12-19-32(33)27-40-28-35(31-17-10-9-11-18-31)29(4)25-37(40)34-21-14-15-22-36(34)39(41,6-2)7-3/h9-15,17-26,28H,5-8,16,27H2,1-4H3/q+2. The van der Waals surface area contributed by atoms with Crippen molar-refractivity contribution in [1.82, 2.24) is 0 Å². The van der Waals surface area contributed by atoms with E-state index in [2.05, 4.69) is 146 Å². The van der Waals surface area contributed by atoms with Crippen molar-refractivity contribution in [2.75, 3.05) is 0 Å². The minimum atomic E-state index is -0.177. The average molecular weight is 539 g/mol. The van der Waals surface area contributed by atoms with Crippen molar-refractivity contribution in [3.63, 3.8) is 0 Å². The fourth-order valence-electron chi connectivity index (χ4n) is 6.94. The monoisotopic (exact) mass is 538 g/mol. The average Bonchev–Trinajstić information content (AvgIpc) is 3.02. The Balaban J connectivity index is 1.70. The molecule has 2 nitrogen and oxygen atoms in total. The summed E-state index contributed by atoms with van der Waals surface area (Å²) in [5.41, 5.74) is 13.1. The zero-order chi connectivity index (χ0) is 28.4. The molecule has 3 aromatic carbocycles. The normalized spacial score (nSPS) is 13.5. The lowest BCUT2D eigenvalue weighted by atomic mass is 9.79. The van der Waals surface area contributed by atoms with Crippen LogP contribution in [0.5, 0.6) is 0 Å². The molecule has 0 saturated heterocycles. The molecule has 0 unspecified atom stereocenters. The third kappa shape index (κ3) is 4.80. The van der Waals surface area contributed by atoms with E-state index in [1.54, 1.807) is 0 Å². The summed E-state index contributed by atoms with van der Waals surface area (Å²) in [5.74, 6) is 0. The highest BCUT2D eigenvalue weighted by molar-refractivity contribution is 5.71. The van der Waals surface area contributed by atoms with E-state index in [0.717, 1.165) is 25.8 Å². The first kappa shape index (κ1) is 27.1. The van der Waals surface area contributed by atoms with Crippen LogP contribution in [0.25, 0.3) is 33.6 Å². The Bertz CT molecular complexity index is 1680. The number of nitrogens with zero attached hydrogens (tertiary/aromatic N) is 2. The van der Waals surface area contributed by atoms with E-state index in [-0.39, 0.29) is 5.54 Å². The van der Waals surface area contributed by atoms with E-state index in [1.807, 2.05) is 0 Å². The van der Waals surface area contributed by atoms with Gasteiger partial charge in [0.1, 0.15) is 0 Å². The first-order valence-electron chi connectivity index (χ1n) is 15.4. The SMILES string of the molecule is CCCCc1cc[n+]2c(c1)-c1ccccc1C[n+]1cc(-c3ccccc3)c(C)cc1-c1ccccc1C2(CC)CC. The van der Waals surface area contributed by atoms with Crippen LogP contribution < -0.4 is 9.13 Å². The van der Waals surface area contributed by atoms with Gasteiger partial charge in [0.2, 0.25) is 11.4 Å².